The number of carboxylic acids is 2. The number of hydrogen-bond donors (Lipinski definition) is 2. The lowest BCUT2D eigenvalue weighted by Gasteiger charge is -2.22. The molecule has 2 heterocycles. The first-order valence-electron chi connectivity index (χ1n) is 7.31. The van der Waals surface area contributed by atoms with Crippen LogP contribution in [0.4, 0.5) is 0 Å². The number of amidine groups is 1. The predicted molar refractivity (Wildman–Crippen MR) is 92.1 cm³/mol. The molecule has 2 N–H and O–H groups in total. The number of aliphatic imine (C=N–C) groups is 1. The van der Waals surface area contributed by atoms with E-state index in [-0.39, 0.29) is 12.8 Å². The summed E-state index contributed by atoms with van der Waals surface area (Å²) in [6, 6.07) is 2.15. The fraction of sp³-hybridized carbons (Fsp3) is 0.438. The van der Waals surface area contributed by atoms with Crippen molar-refractivity contribution in [2.75, 3.05) is 20.1 Å². The molecule has 0 saturated heterocycles. The summed E-state index contributed by atoms with van der Waals surface area (Å²) in [5.74, 6) is -1.05. The molecule has 0 aromatic carbocycles. The first-order chi connectivity index (χ1) is 10.9. The van der Waals surface area contributed by atoms with Gasteiger partial charge >= 0.3 is 11.9 Å². The van der Waals surface area contributed by atoms with Crippen LogP contribution < -0.4 is 0 Å². The first kappa shape index (κ1) is 18.9. The normalized spacial score (nSPS) is 14.2. The van der Waals surface area contributed by atoms with E-state index in [9.17, 15) is 9.59 Å². The Kier molecular flexibility index (Phi) is 8.04. The summed E-state index contributed by atoms with van der Waals surface area (Å²) < 4.78 is 0. The van der Waals surface area contributed by atoms with Gasteiger partial charge in [0.15, 0.2) is 0 Å². The van der Waals surface area contributed by atoms with Crippen LogP contribution in [0, 0.1) is 6.92 Å². The zero-order chi connectivity index (χ0) is 17.2. The Morgan fingerprint density at radius 3 is 2.43 bits per heavy atom. The molecular formula is C16H22N2O4S. The van der Waals surface area contributed by atoms with Crippen molar-refractivity contribution < 1.29 is 19.8 Å². The summed E-state index contributed by atoms with van der Waals surface area (Å²) in [6.07, 6.45) is 4.87. The molecule has 2 rings (SSSR count). The standard InChI is InChI=1S/C12H16N2S.C4H6O4/c1-10-6-9-15-11(10)4-5-12-13-7-3-8-14(12)2;5-3(6)1-2-4(7)8/h4-6,9H,3,7-8H2,1-2H3;1-2H2,(H,5,6)(H,7,8)/b5-4+;. The fourth-order valence-electron chi connectivity index (χ4n) is 1.84. The predicted octanol–water partition coefficient (Wildman–Crippen LogP) is 2.74. The van der Waals surface area contributed by atoms with Crippen LogP contribution in [0.5, 0.6) is 0 Å². The number of carbonyl (C=O) groups is 2. The maximum Gasteiger partial charge on any atom is 0.303 e. The minimum Gasteiger partial charge on any atom is -0.481 e. The Labute approximate surface area is 139 Å². The molecule has 0 amide bonds. The van der Waals surface area contributed by atoms with Crippen LogP contribution in [0.25, 0.3) is 6.08 Å². The van der Waals surface area contributed by atoms with Gasteiger partial charge in [-0.1, -0.05) is 0 Å². The highest BCUT2D eigenvalue weighted by Gasteiger charge is 2.07. The molecule has 0 atom stereocenters. The third kappa shape index (κ3) is 7.60. The molecule has 126 valence electrons. The van der Waals surface area contributed by atoms with Crippen molar-refractivity contribution in [3.05, 3.63) is 28.0 Å². The number of nitrogens with zero attached hydrogens (tertiary/aromatic N) is 2. The van der Waals surface area contributed by atoms with E-state index in [1.165, 1.54) is 16.9 Å². The maximum absolute atomic E-state index is 9.64. The van der Waals surface area contributed by atoms with E-state index in [4.69, 9.17) is 10.2 Å². The number of aryl methyl sites for hydroxylation is 1. The van der Waals surface area contributed by atoms with E-state index in [2.05, 4.69) is 47.5 Å². The SMILES string of the molecule is Cc1ccsc1/C=C/C1=NCCCN1C.O=C(O)CCC(=O)O. The maximum atomic E-state index is 9.64. The van der Waals surface area contributed by atoms with Gasteiger partial charge in [-0.3, -0.25) is 14.6 Å². The number of hydrogen-bond acceptors (Lipinski definition) is 5. The van der Waals surface area contributed by atoms with Gasteiger partial charge in [-0.15, -0.1) is 11.3 Å². The zero-order valence-corrected chi connectivity index (χ0v) is 14.2. The summed E-state index contributed by atoms with van der Waals surface area (Å²) in [5, 5.41) is 17.9. The van der Waals surface area contributed by atoms with Gasteiger partial charge in [0.05, 0.1) is 12.8 Å². The molecule has 1 aliphatic heterocycles. The van der Waals surface area contributed by atoms with E-state index in [1.807, 2.05) is 0 Å². The van der Waals surface area contributed by atoms with E-state index in [1.54, 1.807) is 11.3 Å². The fourth-order valence-corrected chi connectivity index (χ4v) is 2.66. The van der Waals surface area contributed by atoms with Gasteiger partial charge in [-0.25, -0.2) is 0 Å². The van der Waals surface area contributed by atoms with E-state index < -0.39 is 11.9 Å². The van der Waals surface area contributed by atoms with Crippen LogP contribution >= 0.6 is 11.3 Å². The second-order valence-electron chi connectivity index (χ2n) is 5.10. The summed E-state index contributed by atoms with van der Waals surface area (Å²) >= 11 is 1.78. The number of thiophene rings is 1. The number of carboxylic acid groups (broad SMARTS) is 2. The van der Waals surface area contributed by atoms with Crippen molar-refractivity contribution >= 4 is 35.2 Å². The van der Waals surface area contributed by atoms with E-state index >= 15 is 0 Å². The van der Waals surface area contributed by atoms with Crippen LogP contribution in [-0.2, 0) is 9.59 Å². The van der Waals surface area contributed by atoms with Crippen molar-refractivity contribution in [1.29, 1.82) is 0 Å². The van der Waals surface area contributed by atoms with Gasteiger partial charge in [-0.2, -0.15) is 0 Å². The molecule has 7 heteroatoms. The van der Waals surface area contributed by atoms with Crippen LogP contribution in [0.15, 0.2) is 22.5 Å². The minimum atomic E-state index is -1.08. The van der Waals surface area contributed by atoms with Crippen molar-refractivity contribution in [3.63, 3.8) is 0 Å². The molecule has 0 fully saturated rings. The quantitative estimate of drug-likeness (QED) is 0.861. The van der Waals surface area contributed by atoms with Crippen molar-refractivity contribution in [3.8, 4) is 0 Å². The lowest BCUT2D eigenvalue weighted by molar-refractivity contribution is -0.143. The molecule has 0 spiro atoms. The summed E-state index contributed by atoms with van der Waals surface area (Å²) in [6.45, 7) is 4.22. The van der Waals surface area contributed by atoms with Crippen molar-refractivity contribution in [2.24, 2.45) is 4.99 Å². The molecule has 6 nitrogen and oxygen atoms in total. The van der Waals surface area contributed by atoms with E-state index in [0.29, 0.717) is 0 Å². The lowest BCUT2D eigenvalue weighted by Crippen LogP contribution is -2.30. The molecule has 0 aliphatic carbocycles. The molecule has 1 aromatic heterocycles. The van der Waals surface area contributed by atoms with E-state index in [0.717, 1.165) is 18.9 Å². The molecule has 0 bridgehead atoms. The number of rotatable bonds is 5. The van der Waals surface area contributed by atoms with Gasteiger partial charge in [0.25, 0.3) is 0 Å². The second kappa shape index (κ2) is 9.78. The largest absolute Gasteiger partial charge is 0.481 e. The third-order valence-electron chi connectivity index (χ3n) is 3.15. The molecule has 1 aliphatic rings. The molecule has 1 aromatic rings. The van der Waals surface area contributed by atoms with Gasteiger partial charge in [0.1, 0.15) is 5.84 Å². The Balaban J connectivity index is 0.000000284. The van der Waals surface area contributed by atoms with Crippen molar-refractivity contribution in [1.82, 2.24) is 4.90 Å². The average Bonchev–Trinajstić information content (AvgIpc) is 2.90. The highest BCUT2D eigenvalue weighted by Crippen LogP contribution is 2.17. The van der Waals surface area contributed by atoms with Crippen molar-refractivity contribution in [2.45, 2.75) is 26.2 Å². The number of aliphatic carboxylic acids is 2. The zero-order valence-electron chi connectivity index (χ0n) is 13.4. The molecule has 0 saturated carbocycles. The smallest absolute Gasteiger partial charge is 0.303 e. The highest BCUT2D eigenvalue weighted by atomic mass is 32.1. The molecular weight excluding hydrogens is 316 g/mol. The third-order valence-corrected chi connectivity index (χ3v) is 4.14. The van der Waals surface area contributed by atoms with Gasteiger partial charge < -0.3 is 15.1 Å². The summed E-state index contributed by atoms with van der Waals surface area (Å²) in [4.78, 5) is 27.3. The minimum absolute atomic E-state index is 0.296. The molecule has 0 radical (unpaired) electrons. The Hall–Kier alpha value is -2.15. The Morgan fingerprint density at radius 1 is 1.30 bits per heavy atom. The topological polar surface area (TPSA) is 90.2 Å². The average molecular weight is 338 g/mol. The molecule has 23 heavy (non-hydrogen) atoms. The van der Waals surface area contributed by atoms with Crippen LogP contribution in [0.1, 0.15) is 29.7 Å². The monoisotopic (exact) mass is 338 g/mol. The molecule has 0 unspecified atom stereocenters. The van der Waals surface area contributed by atoms with Crippen LogP contribution in [-0.4, -0.2) is 53.0 Å². The summed E-state index contributed by atoms with van der Waals surface area (Å²) in [7, 11) is 2.10. The van der Waals surface area contributed by atoms with Gasteiger partial charge in [0, 0.05) is 25.0 Å². The van der Waals surface area contributed by atoms with Gasteiger partial charge in [-0.05, 0) is 42.5 Å². The van der Waals surface area contributed by atoms with Crippen LogP contribution in [0.3, 0.4) is 0 Å². The Morgan fingerprint density at radius 2 is 1.96 bits per heavy atom. The Bertz CT molecular complexity index is 579. The second-order valence-corrected chi connectivity index (χ2v) is 6.05. The lowest BCUT2D eigenvalue weighted by atomic mass is 10.2. The first-order valence-corrected chi connectivity index (χ1v) is 8.19. The van der Waals surface area contributed by atoms with Gasteiger partial charge in [0.2, 0.25) is 0 Å². The summed E-state index contributed by atoms with van der Waals surface area (Å²) in [5.41, 5.74) is 1.34. The highest BCUT2D eigenvalue weighted by molar-refractivity contribution is 7.11. The number of likely N-dealkylation sites (N-methyl/N-ethyl adjacent to an activating group) is 1. The van der Waals surface area contributed by atoms with Crippen LogP contribution in [0.2, 0.25) is 0 Å².